The lowest BCUT2D eigenvalue weighted by Gasteiger charge is -2.22. The standard InChI is InChI=1S/C13H18N2O5/c1-3-19-12(16)13(2,14)8-9-20-11-6-4-10(5-7-11)15(17)18/h4-7H,3,8-9,14H2,1-2H3. The average molecular weight is 282 g/mol. The predicted molar refractivity (Wildman–Crippen MR) is 72.4 cm³/mol. The lowest BCUT2D eigenvalue weighted by atomic mass is 10.0. The number of esters is 1. The number of nitro groups is 1. The van der Waals surface area contributed by atoms with Crippen LogP contribution in [0.1, 0.15) is 20.3 Å². The number of non-ortho nitro benzene ring substituents is 1. The van der Waals surface area contributed by atoms with Gasteiger partial charge in [-0.05, 0) is 26.0 Å². The second kappa shape index (κ2) is 6.85. The highest BCUT2D eigenvalue weighted by Crippen LogP contribution is 2.18. The van der Waals surface area contributed by atoms with E-state index in [2.05, 4.69) is 0 Å². The molecule has 0 spiro atoms. The monoisotopic (exact) mass is 282 g/mol. The third-order valence-corrected chi connectivity index (χ3v) is 2.68. The maximum Gasteiger partial charge on any atom is 0.325 e. The fourth-order valence-corrected chi connectivity index (χ4v) is 1.44. The highest BCUT2D eigenvalue weighted by Gasteiger charge is 2.29. The van der Waals surface area contributed by atoms with Crippen molar-refractivity contribution < 1.29 is 19.2 Å². The summed E-state index contributed by atoms with van der Waals surface area (Å²) in [6.45, 7) is 3.77. The second-order valence-corrected chi connectivity index (χ2v) is 4.49. The molecule has 1 atom stereocenters. The maximum absolute atomic E-state index is 11.5. The van der Waals surface area contributed by atoms with Crippen molar-refractivity contribution in [2.24, 2.45) is 5.73 Å². The number of nitro benzene ring substituents is 1. The van der Waals surface area contributed by atoms with Crippen LogP contribution in [-0.4, -0.2) is 29.6 Å². The van der Waals surface area contributed by atoms with E-state index >= 15 is 0 Å². The molecule has 0 heterocycles. The van der Waals surface area contributed by atoms with Gasteiger partial charge in [0.05, 0.1) is 18.1 Å². The van der Waals surface area contributed by atoms with Gasteiger partial charge in [-0.1, -0.05) is 0 Å². The molecule has 0 aliphatic carbocycles. The Bertz CT molecular complexity index is 470. The van der Waals surface area contributed by atoms with E-state index in [-0.39, 0.29) is 25.3 Å². The van der Waals surface area contributed by atoms with Crippen LogP contribution >= 0.6 is 0 Å². The smallest absolute Gasteiger partial charge is 0.325 e. The molecule has 0 saturated carbocycles. The van der Waals surface area contributed by atoms with Gasteiger partial charge < -0.3 is 15.2 Å². The summed E-state index contributed by atoms with van der Waals surface area (Å²) in [5.74, 6) is 0.00237. The largest absolute Gasteiger partial charge is 0.494 e. The maximum atomic E-state index is 11.5. The molecule has 0 aliphatic heterocycles. The van der Waals surface area contributed by atoms with Gasteiger partial charge in [0.1, 0.15) is 11.3 Å². The number of carbonyl (C=O) groups is 1. The van der Waals surface area contributed by atoms with E-state index in [0.29, 0.717) is 5.75 Å². The Morgan fingerprint density at radius 1 is 1.40 bits per heavy atom. The zero-order valence-electron chi connectivity index (χ0n) is 11.5. The van der Waals surface area contributed by atoms with E-state index in [1.807, 2.05) is 0 Å². The van der Waals surface area contributed by atoms with Crippen LogP contribution in [0.4, 0.5) is 5.69 Å². The summed E-state index contributed by atoms with van der Waals surface area (Å²) in [7, 11) is 0. The van der Waals surface area contributed by atoms with Crippen molar-refractivity contribution >= 4 is 11.7 Å². The number of nitrogens with zero attached hydrogens (tertiary/aromatic N) is 1. The molecule has 1 aromatic rings. The first-order chi connectivity index (χ1) is 9.36. The molecule has 7 nitrogen and oxygen atoms in total. The number of carbonyl (C=O) groups excluding carboxylic acids is 1. The molecule has 0 radical (unpaired) electrons. The van der Waals surface area contributed by atoms with Crippen LogP contribution in [-0.2, 0) is 9.53 Å². The topological polar surface area (TPSA) is 105 Å². The van der Waals surface area contributed by atoms with Gasteiger partial charge in [0.25, 0.3) is 5.69 Å². The van der Waals surface area contributed by atoms with E-state index in [4.69, 9.17) is 15.2 Å². The van der Waals surface area contributed by atoms with Crippen molar-refractivity contribution in [3.05, 3.63) is 34.4 Å². The minimum atomic E-state index is -1.11. The molecular weight excluding hydrogens is 264 g/mol. The number of rotatable bonds is 7. The summed E-state index contributed by atoms with van der Waals surface area (Å²) in [5, 5.41) is 10.5. The van der Waals surface area contributed by atoms with Crippen LogP contribution in [0.2, 0.25) is 0 Å². The Morgan fingerprint density at radius 3 is 2.50 bits per heavy atom. The normalized spacial score (nSPS) is 13.3. The molecule has 0 aromatic heterocycles. The first-order valence-electron chi connectivity index (χ1n) is 6.20. The number of benzene rings is 1. The summed E-state index contributed by atoms with van der Waals surface area (Å²) in [6, 6.07) is 5.69. The van der Waals surface area contributed by atoms with Gasteiger partial charge in [-0.3, -0.25) is 14.9 Å². The molecule has 0 saturated heterocycles. The Labute approximate surface area is 116 Å². The molecule has 0 aliphatic rings. The number of hydrogen-bond acceptors (Lipinski definition) is 6. The van der Waals surface area contributed by atoms with Gasteiger partial charge in [0.15, 0.2) is 0 Å². The van der Waals surface area contributed by atoms with E-state index in [0.717, 1.165) is 0 Å². The first kappa shape index (κ1) is 15.9. The summed E-state index contributed by atoms with van der Waals surface area (Å²) in [6.07, 6.45) is 0.281. The van der Waals surface area contributed by atoms with Gasteiger partial charge in [-0.25, -0.2) is 0 Å². The van der Waals surface area contributed by atoms with Crippen molar-refractivity contribution in [2.45, 2.75) is 25.8 Å². The Kier molecular flexibility index (Phi) is 5.45. The second-order valence-electron chi connectivity index (χ2n) is 4.49. The molecule has 110 valence electrons. The fraction of sp³-hybridized carbons (Fsp3) is 0.462. The molecule has 7 heteroatoms. The molecule has 0 fully saturated rings. The van der Waals surface area contributed by atoms with Crippen LogP contribution in [0.25, 0.3) is 0 Å². The lowest BCUT2D eigenvalue weighted by molar-refractivity contribution is -0.384. The Morgan fingerprint density at radius 2 is 2.00 bits per heavy atom. The molecule has 1 rings (SSSR count). The third kappa shape index (κ3) is 4.51. The van der Waals surface area contributed by atoms with Crippen LogP contribution in [0, 0.1) is 10.1 Å². The van der Waals surface area contributed by atoms with Crippen LogP contribution in [0.3, 0.4) is 0 Å². The highest BCUT2D eigenvalue weighted by atomic mass is 16.6. The number of nitrogens with two attached hydrogens (primary N) is 1. The summed E-state index contributed by atoms with van der Waals surface area (Å²) in [4.78, 5) is 21.6. The van der Waals surface area contributed by atoms with Gasteiger partial charge in [0, 0.05) is 18.6 Å². The minimum absolute atomic E-state index is 0.00691. The molecule has 20 heavy (non-hydrogen) atoms. The Hall–Kier alpha value is -2.15. The van der Waals surface area contributed by atoms with Gasteiger partial charge in [-0.2, -0.15) is 0 Å². The zero-order chi connectivity index (χ0) is 15.2. The van der Waals surface area contributed by atoms with Crippen LogP contribution in [0.15, 0.2) is 24.3 Å². The summed E-state index contributed by atoms with van der Waals surface area (Å²) < 4.78 is 10.3. The quantitative estimate of drug-likeness (QED) is 0.463. The SMILES string of the molecule is CCOC(=O)C(C)(N)CCOc1ccc([N+](=O)[O-])cc1. The fourth-order valence-electron chi connectivity index (χ4n) is 1.44. The lowest BCUT2D eigenvalue weighted by Crippen LogP contribution is -2.47. The molecule has 2 N–H and O–H groups in total. The van der Waals surface area contributed by atoms with Gasteiger partial charge in [-0.15, -0.1) is 0 Å². The molecule has 0 amide bonds. The highest BCUT2D eigenvalue weighted by molar-refractivity contribution is 5.79. The van der Waals surface area contributed by atoms with Crippen molar-refractivity contribution in [1.82, 2.24) is 0 Å². The van der Waals surface area contributed by atoms with E-state index < -0.39 is 16.4 Å². The van der Waals surface area contributed by atoms with E-state index in [9.17, 15) is 14.9 Å². The van der Waals surface area contributed by atoms with Crippen LogP contribution in [0.5, 0.6) is 5.75 Å². The molecular formula is C13H18N2O5. The predicted octanol–water partition coefficient (Wildman–Crippen LogP) is 1.64. The Balaban J connectivity index is 2.47. The number of hydrogen-bond donors (Lipinski definition) is 1. The van der Waals surface area contributed by atoms with Crippen molar-refractivity contribution in [1.29, 1.82) is 0 Å². The molecule has 1 unspecified atom stereocenters. The van der Waals surface area contributed by atoms with Crippen molar-refractivity contribution in [3.8, 4) is 5.75 Å². The number of ether oxygens (including phenoxy) is 2. The van der Waals surface area contributed by atoms with Gasteiger partial charge >= 0.3 is 5.97 Å². The third-order valence-electron chi connectivity index (χ3n) is 2.68. The summed E-state index contributed by atoms with van der Waals surface area (Å²) in [5.41, 5.74) is 4.71. The van der Waals surface area contributed by atoms with E-state index in [1.165, 1.54) is 24.3 Å². The molecule has 0 bridgehead atoms. The minimum Gasteiger partial charge on any atom is -0.494 e. The van der Waals surface area contributed by atoms with Gasteiger partial charge in [0.2, 0.25) is 0 Å². The average Bonchev–Trinajstić information content (AvgIpc) is 2.39. The molecule has 1 aromatic carbocycles. The zero-order valence-corrected chi connectivity index (χ0v) is 11.5. The van der Waals surface area contributed by atoms with Crippen molar-refractivity contribution in [2.75, 3.05) is 13.2 Å². The first-order valence-corrected chi connectivity index (χ1v) is 6.20. The summed E-state index contributed by atoms with van der Waals surface area (Å²) >= 11 is 0. The van der Waals surface area contributed by atoms with E-state index in [1.54, 1.807) is 13.8 Å². The van der Waals surface area contributed by atoms with Crippen LogP contribution < -0.4 is 10.5 Å². The van der Waals surface area contributed by atoms with Crippen molar-refractivity contribution in [3.63, 3.8) is 0 Å².